The molecule has 1 N–H and O–H groups in total. The summed E-state index contributed by atoms with van der Waals surface area (Å²) in [4.78, 5) is 16.3. The number of piperazine rings is 1. The number of benzene rings is 2. The summed E-state index contributed by atoms with van der Waals surface area (Å²) in [7, 11) is 0. The van der Waals surface area contributed by atoms with Gasteiger partial charge in [-0.2, -0.15) is 0 Å². The molecule has 1 saturated carbocycles. The van der Waals surface area contributed by atoms with Crippen molar-refractivity contribution in [3.63, 3.8) is 0 Å². The molecule has 3 atom stereocenters. The topological polar surface area (TPSA) is 43.8 Å². The standard InChI is InChI=1S/C24H25Cl2FN2O2/c1-13(15-4-17(25)7-18(26)5-15)29-12-19-8-20(29)11-28(19)10-16-6-23(27)22(24(30)31)9-21(16)14-2-3-14/h4-7,9,13-14,19-20H,2-3,8,10-12H2,1H3,(H,30,31)/t13-,19-,20-/m0/s1. The molecule has 2 bridgehead atoms. The van der Waals surface area contributed by atoms with Gasteiger partial charge in [-0.05, 0) is 79.1 Å². The van der Waals surface area contributed by atoms with Crippen molar-refractivity contribution in [1.29, 1.82) is 0 Å². The number of carboxylic acid groups (broad SMARTS) is 1. The monoisotopic (exact) mass is 462 g/mol. The van der Waals surface area contributed by atoms with Gasteiger partial charge in [-0.1, -0.05) is 23.2 Å². The van der Waals surface area contributed by atoms with Crippen molar-refractivity contribution in [2.75, 3.05) is 13.1 Å². The van der Waals surface area contributed by atoms with Crippen LogP contribution in [0.25, 0.3) is 0 Å². The molecule has 2 aromatic rings. The maximum Gasteiger partial charge on any atom is 0.338 e. The van der Waals surface area contributed by atoms with Gasteiger partial charge in [0.25, 0.3) is 0 Å². The van der Waals surface area contributed by atoms with E-state index in [-0.39, 0.29) is 11.6 Å². The van der Waals surface area contributed by atoms with Crippen LogP contribution in [0.1, 0.15) is 65.2 Å². The van der Waals surface area contributed by atoms with Gasteiger partial charge in [-0.25, -0.2) is 9.18 Å². The second-order valence-electron chi connectivity index (χ2n) is 9.16. The summed E-state index contributed by atoms with van der Waals surface area (Å²) in [6, 6.07) is 9.81. The van der Waals surface area contributed by atoms with E-state index >= 15 is 0 Å². The van der Waals surface area contributed by atoms with Crippen LogP contribution in [0.4, 0.5) is 4.39 Å². The zero-order chi connectivity index (χ0) is 21.9. The Hall–Kier alpha value is -1.66. The molecule has 1 aliphatic carbocycles. The number of likely N-dealkylation sites (tertiary alicyclic amines) is 2. The molecular formula is C24H25Cl2FN2O2. The van der Waals surface area contributed by atoms with Crippen LogP contribution < -0.4 is 0 Å². The number of rotatable bonds is 6. The number of carbonyl (C=O) groups is 1. The number of nitrogens with zero attached hydrogens (tertiary/aromatic N) is 2. The maximum absolute atomic E-state index is 14.4. The fourth-order valence-corrected chi connectivity index (χ4v) is 5.92. The molecule has 2 heterocycles. The highest BCUT2D eigenvalue weighted by atomic mass is 35.5. The number of fused-ring (bicyclic) bond motifs is 2. The average Bonchev–Trinajstić information content (AvgIpc) is 3.36. The zero-order valence-corrected chi connectivity index (χ0v) is 18.8. The van der Waals surface area contributed by atoms with E-state index in [1.807, 2.05) is 12.1 Å². The number of aromatic carboxylic acids is 1. The largest absolute Gasteiger partial charge is 0.478 e. The fourth-order valence-electron chi connectivity index (χ4n) is 5.38. The van der Waals surface area contributed by atoms with Crippen molar-refractivity contribution in [3.05, 3.63) is 68.4 Å². The summed E-state index contributed by atoms with van der Waals surface area (Å²) in [5.74, 6) is -1.46. The molecule has 3 fully saturated rings. The van der Waals surface area contributed by atoms with Crippen molar-refractivity contribution in [2.45, 2.75) is 56.8 Å². The van der Waals surface area contributed by atoms with Crippen molar-refractivity contribution in [3.8, 4) is 0 Å². The predicted octanol–water partition coefficient (Wildman–Crippen LogP) is 5.73. The molecule has 31 heavy (non-hydrogen) atoms. The first-order valence-electron chi connectivity index (χ1n) is 10.8. The van der Waals surface area contributed by atoms with Gasteiger partial charge in [-0.3, -0.25) is 9.80 Å². The third-order valence-corrected chi connectivity index (χ3v) is 7.55. The lowest BCUT2D eigenvalue weighted by molar-refractivity contribution is 0.0691. The number of halogens is 3. The molecular weight excluding hydrogens is 438 g/mol. The second kappa shape index (κ2) is 8.04. The van der Waals surface area contributed by atoms with Gasteiger partial charge in [0.2, 0.25) is 0 Å². The normalized spacial score (nSPS) is 24.6. The van der Waals surface area contributed by atoms with E-state index in [9.17, 15) is 14.3 Å². The molecule has 164 valence electrons. The molecule has 0 amide bonds. The van der Waals surface area contributed by atoms with E-state index in [1.54, 1.807) is 12.1 Å². The number of hydrogen-bond donors (Lipinski definition) is 1. The van der Waals surface area contributed by atoms with Gasteiger partial charge in [0, 0.05) is 47.8 Å². The van der Waals surface area contributed by atoms with E-state index in [0.717, 1.165) is 49.0 Å². The van der Waals surface area contributed by atoms with Crippen molar-refractivity contribution >= 4 is 29.2 Å². The van der Waals surface area contributed by atoms with Crippen molar-refractivity contribution in [2.24, 2.45) is 0 Å². The van der Waals surface area contributed by atoms with Crippen LogP contribution in [-0.2, 0) is 6.54 Å². The lowest BCUT2D eigenvalue weighted by Crippen LogP contribution is -2.46. The summed E-state index contributed by atoms with van der Waals surface area (Å²) in [6.45, 7) is 4.74. The summed E-state index contributed by atoms with van der Waals surface area (Å²) in [6.07, 6.45) is 3.20. The van der Waals surface area contributed by atoms with Crippen molar-refractivity contribution < 1.29 is 14.3 Å². The summed E-state index contributed by atoms with van der Waals surface area (Å²) >= 11 is 12.4. The minimum atomic E-state index is -1.20. The first-order valence-corrected chi connectivity index (χ1v) is 11.6. The van der Waals surface area contributed by atoms with Crippen LogP contribution in [-0.4, -0.2) is 46.0 Å². The molecule has 2 aliphatic heterocycles. The number of carboxylic acids is 1. The first-order chi connectivity index (χ1) is 14.8. The van der Waals surface area contributed by atoms with Gasteiger partial charge in [0.15, 0.2) is 0 Å². The highest BCUT2D eigenvalue weighted by molar-refractivity contribution is 6.34. The van der Waals surface area contributed by atoms with Crippen LogP contribution in [0.5, 0.6) is 0 Å². The molecule has 0 unspecified atom stereocenters. The molecule has 0 spiro atoms. The Morgan fingerprint density at radius 3 is 2.42 bits per heavy atom. The van der Waals surface area contributed by atoms with Crippen LogP contribution >= 0.6 is 23.2 Å². The Bertz CT molecular complexity index is 1020. The van der Waals surface area contributed by atoms with Gasteiger partial charge < -0.3 is 5.11 Å². The number of hydrogen-bond acceptors (Lipinski definition) is 3. The maximum atomic E-state index is 14.4. The molecule has 0 aromatic heterocycles. The average molecular weight is 463 g/mol. The Morgan fingerprint density at radius 2 is 1.84 bits per heavy atom. The fraction of sp³-hybridized carbons (Fsp3) is 0.458. The van der Waals surface area contributed by atoms with E-state index in [2.05, 4.69) is 16.7 Å². The smallest absolute Gasteiger partial charge is 0.338 e. The highest BCUT2D eigenvalue weighted by Crippen LogP contribution is 2.44. The van der Waals surface area contributed by atoms with E-state index in [4.69, 9.17) is 23.2 Å². The molecule has 0 radical (unpaired) electrons. The third kappa shape index (κ3) is 4.09. The minimum absolute atomic E-state index is 0.214. The quantitative estimate of drug-likeness (QED) is 0.595. The summed E-state index contributed by atoms with van der Waals surface area (Å²) in [5, 5.41) is 10.6. The van der Waals surface area contributed by atoms with Gasteiger partial charge in [0.1, 0.15) is 5.82 Å². The molecule has 7 heteroatoms. The van der Waals surface area contributed by atoms with E-state index < -0.39 is 11.8 Å². The molecule has 5 rings (SSSR count). The zero-order valence-electron chi connectivity index (χ0n) is 17.3. The lowest BCUT2D eigenvalue weighted by Gasteiger charge is -2.38. The molecule has 2 aromatic carbocycles. The lowest BCUT2D eigenvalue weighted by atomic mass is 9.98. The van der Waals surface area contributed by atoms with Gasteiger partial charge >= 0.3 is 5.97 Å². The Labute approximate surface area is 191 Å². The van der Waals surface area contributed by atoms with Gasteiger partial charge in [0.05, 0.1) is 5.56 Å². The van der Waals surface area contributed by atoms with Crippen molar-refractivity contribution in [1.82, 2.24) is 9.80 Å². The summed E-state index contributed by atoms with van der Waals surface area (Å²) in [5.41, 5.74) is 2.87. The Balaban J connectivity index is 1.31. The molecule has 4 nitrogen and oxygen atoms in total. The van der Waals surface area contributed by atoms with Gasteiger partial charge in [-0.15, -0.1) is 0 Å². The predicted molar refractivity (Wildman–Crippen MR) is 120 cm³/mol. The molecule has 2 saturated heterocycles. The van der Waals surface area contributed by atoms with E-state index in [0.29, 0.717) is 34.6 Å². The SMILES string of the molecule is C[C@@H](c1cc(Cl)cc(Cl)c1)N1C[C@@H]2C[C@H]1CN2Cc1cc(F)c(C(=O)O)cc1C1CC1. The van der Waals surface area contributed by atoms with Crippen LogP contribution in [0, 0.1) is 5.82 Å². The minimum Gasteiger partial charge on any atom is -0.478 e. The molecule has 3 aliphatic rings. The van der Waals surface area contributed by atoms with Crippen LogP contribution in [0.15, 0.2) is 30.3 Å². The van der Waals surface area contributed by atoms with E-state index in [1.165, 1.54) is 6.07 Å². The highest BCUT2D eigenvalue weighted by Gasteiger charge is 2.45. The second-order valence-corrected chi connectivity index (χ2v) is 10.0. The Kier molecular flexibility index (Phi) is 5.50. The third-order valence-electron chi connectivity index (χ3n) is 7.11. The first kappa shape index (κ1) is 21.2. The summed E-state index contributed by atoms with van der Waals surface area (Å²) < 4.78 is 14.4. The van der Waals surface area contributed by atoms with Crippen LogP contribution in [0.2, 0.25) is 10.0 Å². The van der Waals surface area contributed by atoms with Crippen LogP contribution in [0.3, 0.4) is 0 Å². The Morgan fingerprint density at radius 1 is 1.13 bits per heavy atom.